The topological polar surface area (TPSA) is 0 Å². The molecule has 0 N–H and O–H groups in total. The van der Waals surface area contributed by atoms with Crippen LogP contribution in [-0.2, 0) is 0 Å². The Morgan fingerprint density at radius 2 is 0.204 bits per heavy atom. The van der Waals surface area contributed by atoms with E-state index in [1.54, 1.807) is 0 Å². The molecule has 0 aliphatic heterocycles. The third-order valence-corrected chi connectivity index (χ3v) is 7.52. The molecule has 49 heavy (non-hydrogen) atoms. The molecule has 8 rings (SSSR count). The van der Waals surface area contributed by atoms with E-state index < -0.39 is 0 Å². The van der Waals surface area contributed by atoms with Crippen LogP contribution in [0.1, 0.15) is 0 Å². The summed E-state index contributed by atoms with van der Waals surface area (Å²) in [6, 6.07) is 83.1. The van der Waals surface area contributed by atoms with Crippen LogP contribution in [0.2, 0.25) is 0 Å². The van der Waals surface area contributed by atoms with Gasteiger partial charge in [0, 0.05) is 0 Å². The zero-order chi connectivity index (χ0) is 32.9. The summed E-state index contributed by atoms with van der Waals surface area (Å²) in [7, 11) is 0. The molecule has 0 aliphatic carbocycles. The molecule has 0 nitrogen and oxygen atoms in total. The first kappa shape index (κ1) is 36.0. The molecule has 1 atom stereocenters. The maximum Gasteiger partial charge on any atom is -0.0184 e. The van der Waals surface area contributed by atoms with Gasteiger partial charge in [-0.2, -0.15) is 9.90 Å². The van der Waals surface area contributed by atoms with Crippen molar-refractivity contribution in [2.75, 3.05) is 0 Å². The van der Waals surface area contributed by atoms with Gasteiger partial charge in [-0.25, -0.2) is 0 Å². The predicted molar refractivity (Wildman–Crippen MR) is 219 cm³/mol. The Hall–Kier alpha value is -5.81. The van der Waals surface area contributed by atoms with Crippen molar-refractivity contribution in [3.8, 4) is 44.5 Å². The maximum absolute atomic E-state index is 2.12. The molecule has 0 heterocycles. The van der Waals surface area contributed by atoms with Crippen LogP contribution in [-0.4, -0.2) is 0 Å². The van der Waals surface area contributed by atoms with E-state index in [-0.39, 0.29) is 9.90 Å². The van der Waals surface area contributed by atoms with E-state index in [2.05, 4.69) is 194 Å². The summed E-state index contributed by atoms with van der Waals surface area (Å²) in [6.07, 6.45) is 0. The van der Waals surface area contributed by atoms with E-state index in [1.165, 1.54) is 44.5 Å². The van der Waals surface area contributed by atoms with E-state index in [9.17, 15) is 0 Å². The molecule has 0 spiro atoms. The molecule has 240 valence electrons. The molecule has 1 heteroatoms. The first-order valence-electron chi connectivity index (χ1n) is 16.3. The van der Waals surface area contributed by atoms with Crippen molar-refractivity contribution in [3.05, 3.63) is 243 Å². The maximum atomic E-state index is 2.12. The average molecular weight is 651 g/mol. The van der Waals surface area contributed by atoms with Gasteiger partial charge in [0.1, 0.15) is 0 Å². The molecular weight excluding hydrogens is 608 g/mol. The largest absolute Gasteiger partial charge is 0.153 e. The van der Waals surface area contributed by atoms with Crippen molar-refractivity contribution in [2.24, 2.45) is 0 Å². The summed E-state index contributed by atoms with van der Waals surface area (Å²) >= 11 is 0. The Balaban J connectivity index is 0.000000146. The molecule has 0 saturated heterocycles. The lowest BCUT2D eigenvalue weighted by Crippen LogP contribution is -1.73. The highest BCUT2D eigenvalue weighted by Crippen LogP contribution is 2.20. The van der Waals surface area contributed by atoms with Gasteiger partial charge in [-0.1, -0.05) is 243 Å². The van der Waals surface area contributed by atoms with E-state index in [0.717, 1.165) is 0 Å². The zero-order valence-corrected chi connectivity index (χ0v) is 29.2. The lowest BCUT2D eigenvalue weighted by molar-refractivity contribution is 1.62. The first-order valence-corrected chi connectivity index (χ1v) is 16.3. The van der Waals surface area contributed by atoms with Crippen LogP contribution in [0.25, 0.3) is 44.5 Å². The smallest absolute Gasteiger partial charge is 0.0184 e. The Morgan fingerprint density at radius 3 is 0.286 bits per heavy atom. The number of hydrogen-bond acceptors (Lipinski definition) is 0. The molecule has 0 aliphatic rings. The normalized spacial score (nSPS) is 9.47. The van der Waals surface area contributed by atoms with Gasteiger partial charge in [0.2, 0.25) is 0 Å². The Bertz CT molecular complexity index is 1500. The Kier molecular flexibility index (Phi) is 15.5. The fraction of sp³-hybridized carbons (Fsp3) is 0. The third-order valence-electron chi connectivity index (χ3n) is 7.52. The molecule has 8 aromatic carbocycles. The highest BCUT2D eigenvalue weighted by molar-refractivity contribution is 6.92. The SMILES string of the molecule is P.c1ccc(-c2ccccc2)cc1.c1ccc(-c2ccccc2)cc1.c1ccc(-c2ccccc2)cc1.c1ccc(-c2ccccc2)cc1. The van der Waals surface area contributed by atoms with Gasteiger partial charge in [-0.15, -0.1) is 0 Å². The molecule has 0 fully saturated rings. The second-order valence-corrected chi connectivity index (χ2v) is 10.9. The predicted octanol–water partition coefficient (Wildman–Crippen LogP) is 13.5. The standard InChI is InChI=1S/4C12H10.H3P/c4*1-3-7-11(8-4-1)12-9-5-2-6-10-12;/h4*1-10H;1H3. The average Bonchev–Trinajstić information content (AvgIpc) is 3.21. The van der Waals surface area contributed by atoms with Gasteiger partial charge in [0.05, 0.1) is 0 Å². The second kappa shape index (κ2) is 21.1. The van der Waals surface area contributed by atoms with Gasteiger partial charge < -0.3 is 0 Å². The highest BCUT2D eigenvalue weighted by Gasteiger charge is 1.94. The summed E-state index contributed by atoms with van der Waals surface area (Å²) in [4.78, 5) is 0. The van der Waals surface area contributed by atoms with E-state index in [4.69, 9.17) is 0 Å². The molecular formula is C48H43P. The van der Waals surface area contributed by atoms with Gasteiger partial charge in [0.15, 0.2) is 0 Å². The lowest BCUT2D eigenvalue weighted by Gasteiger charge is -1.98. The van der Waals surface area contributed by atoms with E-state index in [1.807, 2.05) is 48.5 Å². The molecule has 0 aromatic heterocycles. The number of benzene rings is 8. The van der Waals surface area contributed by atoms with Gasteiger partial charge in [0.25, 0.3) is 0 Å². The number of hydrogen-bond donors (Lipinski definition) is 0. The second-order valence-electron chi connectivity index (χ2n) is 10.9. The van der Waals surface area contributed by atoms with Crippen LogP contribution >= 0.6 is 9.90 Å². The fourth-order valence-electron chi connectivity index (χ4n) is 5.04. The van der Waals surface area contributed by atoms with Crippen LogP contribution in [0.15, 0.2) is 243 Å². The summed E-state index contributed by atoms with van der Waals surface area (Å²) in [5.74, 6) is 0. The zero-order valence-electron chi connectivity index (χ0n) is 27.8. The third kappa shape index (κ3) is 12.4. The van der Waals surface area contributed by atoms with Crippen molar-refractivity contribution in [3.63, 3.8) is 0 Å². The number of rotatable bonds is 4. The minimum absolute atomic E-state index is 0. The quantitative estimate of drug-likeness (QED) is 0.166. The molecule has 0 bridgehead atoms. The van der Waals surface area contributed by atoms with Crippen LogP contribution in [0.4, 0.5) is 0 Å². The highest BCUT2D eigenvalue weighted by atomic mass is 31.0. The summed E-state index contributed by atoms with van der Waals surface area (Å²) in [6.45, 7) is 0. The van der Waals surface area contributed by atoms with Gasteiger partial charge in [-0.05, 0) is 44.5 Å². The fourth-order valence-corrected chi connectivity index (χ4v) is 5.04. The van der Waals surface area contributed by atoms with Crippen molar-refractivity contribution in [1.82, 2.24) is 0 Å². The van der Waals surface area contributed by atoms with Gasteiger partial charge in [-0.3, -0.25) is 0 Å². The van der Waals surface area contributed by atoms with Crippen molar-refractivity contribution >= 4 is 9.90 Å². The van der Waals surface area contributed by atoms with Crippen molar-refractivity contribution < 1.29 is 0 Å². The minimum Gasteiger partial charge on any atom is -0.153 e. The van der Waals surface area contributed by atoms with Crippen molar-refractivity contribution in [2.45, 2.75) is 0 Å². The molecule has 0 saturated carbocycles. The Morgan fingerprint density at radius 1 is 0.122 bits per heavy atom. The first-order chi connectivity index (χ1) is 23.9. The Labute approximate surface area is 296 Å². The van der Waals surface area contributed by atoms with E-state index in [0.29, 0.717) is 0 Å². The monoisotopic (exact) mass is 650 g/mol. The summed E-state index contributed by atoms with van der Waals surface area (Å²) in [5.41, 5.74) is 10.2. The lowest BCUT2D eigenvalue weighted by atomic mass is 10.1. The van der Waals surface area contributed by atoms with Crippen LogP contribution in [0.5, 0.6) is 0 Å². The van der Waals surface area contributed by atoms with Crippen molar-refractivity contribution in [1.29, 1.82) is 0 Å². The van der Waals surface area contributed by atoms with Crippen LogP contribution in [0, 0.1) is 0 Å². The molecule has 0 amide bonds. The molecule has 8 aromatic rings. The van der Waals surface area contributed by atoms with Gasteiger partial charge >= 0.3 is 0 Å². The molecule has 0 radical (unpaired) electrons. The minimum atomic E-state index is 0. The van der Waals surface area contributed by atoms with E-state index >= 15 is 0 Å². The molecule has 1 unspecified atom stereocenters. The van der Waals surface area contributed by atoms with Crippen LogP contribution < -0.4 is 0 Å². The van der Waals surface area contributed by atoms with Crippen LogP contribution in [0.3, 0.4) is 0 Å². The summed E-state index contributed by atoms with van der Waals surface area (Å²) < 4.78 is 0. The summed E-state index contributed by atoms with van der Waals surface area (Å²) in [5, 5.41) is 0.